The molecule has 1 fully saturated rings. The molecular formula is C51H93NO8. The van der Waals surface area contributed by atoms with Gasteiger partial charge in [-0.2, -0.15) is 0 Å². The zero-order valence-electron chi connectivity index (χ0n) is 38.5. The second kappa shape index (κ2) is 41.2. The molecule has 0 bridgehead atoms. The van der Waals surface area contributed by atoms with Crippen LogP contribution in [-0.4, -0.2) is 87.5 Å². The third kappa shape index (κ3) is 31.1. The first-order valence-corrected chi connectivity index (χ1v) is 24.8. The van der Waals surface area contributed by atoms with E-state index in [1.807, 2.05) is 0 Å². The Balaban J connectivity index is 1.98. The van der Waals surface area contributed by atoms with Crippen molar-refractivity contribution in [1.29, 1.82) is 0 Å². The van der Waals surface area contributed by atoms with Gasteiger partial charge >= 0.3 is 0 Å². The second-order valence-corrected chi connectivity index (χ2v) is 17.2. The van der Waals surface area contributed by atoms with Gasteiger partial charge in [-0.15, -0.1) is 0 Å². The molecule has 9 nitrogen and oxygen atoms in total. The summed E-state index contributed by atoms with van der Waals surface area (Å²) in [6, 6.07) is -0.713. The van der Waals surface area contributed by atoms with E-state index in [4.69, 9.17) is 9.47 Å². The van der Waals surface area contributed by atoms with Gasteiger partial charge in [-0.05, 0) is 51.4 Å². The summed E-state index contributed by atoms with van der Waals surface area (Å²) in [6.45, 7) is 3.60. The topological polar surface area (TPSA) is 149 Å². The van der Waals surface area contributed by atoms with Gasteiger partial charge in [0.15, 0.2) is 6.29 Å². The maximum atomic E-state index is 12.8. The summed E-state index contributed by atoms with van der Waals surface area (Å²) in [5.74, 6) is -0.152. The molecule has 7 atom stereocenters. The zero-order chi connectivity index (χ0) is 43.7. The average Bonchev–Trinajstić information content (AvgIpc) is 3.25. The van der Waals surface area contributed by atoms with Crippen LogP contribution in [0.25, 0.3) is 0 Å². The normalized spacial score (nSPS) is 20.9. The smallest absolute Gasteiger partial charge is 0.220 e. The fraction of sp³-hybridized carbons (Fsp3) is 0.824. The molecule has 350 valence electrons. The summed E-state index contributed by atoms with van der Waals surface area (Å²) < 4.78 is 11.1. The van der Waals surface area contributed by atoms with Gasteiger partial charge in [-0.3, -0.25) is 4.79 Å². The number of aliphatic hydroxyl groups excluding tert-OH is 5. The van der Waals surface area contributed by atoms with Gasteiger partial charge in [-0.1, -0.05) is 204 Å². The van der Waals surface area contributed by atoms with Gasteiger partial charge < -0.3 is 40.3 Å². The molecule has 6 N–H and O–H groups in total. The van der Waals surface area contributed by atoms with Crippen molar-refractivity contribution in [2.75, 3.05) is 13.2 Å². The molecule has 0 aromatic rings. The first kappa shape index (κ1) is 56.2. The molecule has 0 aromatic heterocycles. The van der Waals surface area contributed by atoms with Gasteiger partial charge in [-0.25, -0.2) is 0 Å². The molecule has 1 amide bonds. The molecule has 0 radical (unpaired) electrons. The van der Waals surface area contributed by atoms with Crippen molar-refractivity contribution in [2.24, 2.45) is 0 Å². The number of ether oxygens (including phenoxy) is 2. The predicted octanol–water partition coefficient (Wildman–Crippen LogP) is 11.0. The number of carbonyl (C=O) groups is 1. The highest BCUT2D eigenvalue weighted by Crippen LogP contribution is 2.23. The van der Waals surface area contributed by atoms with Crippen LogP contribution in [0.5, 0.6) is 0 Å². The van der Waals surface area contributed by atoms with Crippen LogP contribution in [0.3, 0.4) is 0 Å². The van der Waals surface area contributed by atoms with E-state index in [2.05, 4.69) is 67.8 Å². The number of rotatable bonds is 41. The van der Waals surface area contributed by atoms with Crippen LogP contribution in [0.4, 0.5) is 0 Å². The molecule has 1 heterocycles. The summed E-state index contributed by atoms with van der Waals surface area (Å²) >= 11 is 0. The highest BCUT2D eigenvalue weighted by Gasteiger charge is 2.44. The van der Waals surface area contributed by atoms with Crippen molar-refractivity contribution < 1.29 is 39.8 Å². The predicted molar refractivity (Wildman–Crippen MR) is 249 cm³/mol. The molecule has 1 aliphatic rings. The number of hydrogen-bond donors (Lipinski definition) is 6. The third-order valence-electron chi connectivity index (χ3n) is 11.7. The lowest BCUT2D eigenvalue weighted by Gasteiger charge is -2.40. The van der Waals surface area contributed by atoms with Crippen molar-refractivity contribution in [3.05, 3.63) is 48.6 Å². The van der Waals surface area contributed by atoms with Crippen LogP contribution < -0.4 is 5.32 Å². The van der Waals surface area contributed by atoms with Crippen LogP contribution >= 0.6 is 0 Å². The lowest BCUT2D eigenvalue weighted by molar-refractivity contribution is -0.302. The molecule has 1 aliphatic heterocycles. The molecule has 0 aromatic carbocycles. The van der Waals surface area contributed by atoms with Crippen molar-refractivity contribution in [2.45, 2.75) is 256 Å². The molecule has 60 heavy (non-hydrogen) atoms. The van der Waals surface area contributed by atoms with Crippen LogP contribution in [-0.2, 0) is 14.3 Å². The molecule has 0 aliphatic carbocycles. The Morgan fingerprint density at radius 3 is 1.52 bits per heavy atom. The number of nitrogens with one attached hydrogen (secondary N) is 1. The van der Waals surface area contributed by atoms with Gasteiger partial charge in [0.1, 0.15) is 24.4 Å². The van der Waals surface area contributed by atoms with Crippen LogP contribution in [0.15, 0.2) is 48.6 Å². The van der Waals surface area contributed by atoms with Gasteiger partial charge in [0, 0.05) is 6.42 Å². The van der Waals surface area contributed by atoms with E-state index in [1.165, 1.54) is 116 Å². The van der Waals surface area contributed by atoms with Crippen molar-refractivity contribution in [1.82, 2.24) is 5.32 Å². The number of aliphatic hydroxyl groups is 5. The minimum atomic E-state index is -1.55. The standard InChI is InChI=1S/C51H93NO8/c1-3-5-7-9-10-11-12-13-14-15-16-17-18-19-20-21-22-23-24-25-26-27-28-29-30-31-32-33-34-35-36-37-39-41-47(55)52-44(45(54)40-38-8-6-4-2)43-59-51-50(58)49(57)48(56)46(42-53)60-51/h5,7,10-11,13-14,16-17,44-46,48-51,53-54,56-58H,3-4,6,8-9,12,15,18-43H2,1-2H3,(H,52,55)/b7-5-,11-10-,14-13-,17-16-. The Labute approximate surface area is 367 Å². The minimum Gasteiger partial charge on any atom is -0.394 e. The van der Waals surface area contributed by atoms with E-state index in [1.54, 1.807) is 0 Å². The van der Waals surface area contributed by atoms with E-state index in [-0.39, 0.29) is 12.5 Å². The quantitative estimate of drug-likeness (QED) is 0.0263. The number of unbranched alkanes of at least 4 members (excludes halogenated alkanes) is 23. The number of carbonyl (C=O) groups excluding carboxylic acids is 1. The summed E-state index contributed by atoms with van der Waals surface area (Å²) in [5.41, 5.74) is 0. The van der Waals surface area contributed by atoms with Gasteiger partial charge in [0.25, 0.3) is 0 Å². The largest absolute Gasteiger partial charge is 0.394 e. The maximum Gasteiger partial charge on any atom is 0.220 e. The van der Waals surface area contributed by atoms with E-state index >= 15 is 0 Å². The molecule has 0 spiro atoms. The van der Waals surface area contributed by atoms with Crippen molar-refractivity contribution in [3.63, 3.8) is 0 Å². The monoisotopic (exact) mass is 848 g/mol. The Morgan fingerprint density at radius 1 is 0.583 bits per heavy atom. The molecular weight excluding hydrogens is 755 g/mol. The van der Waals surface area contributed by atoms with Crippen LogP contribution in [0.2, 0.25) is 0 Å². The highest BCUT2D eigenvalue weighted by molar-refractivity contribution is 5.76. The van der Waals surface area contributed by atoms with Gasteiger partial charge in [0.05, 0.1) is 25.4 Å². The van der Waals surface area contributed by atoms with E-state index in [9.17, 15) is 30.3 Å². The maximum absolute atomic E-state index is 12.8. The Morgan fingerprint density at radius 2 is 1.03 bits per heavy atom. The number of allylic oxidation sites excluding steroid dienone is 8. The highest BCUT2D eigenvalue weighted by atomic mass is 16.7. The lowest BCUT2D eigenvalue weighted by Crippen LogP contribution is -2.60. The zero-order valence-corrected chi connectivity index (χ0v) is 38.5. The first-order chi connectivity index (χ1) is 29.3. The third-order valence-corrected chi connectivity index (χ3v) is 11.7. The SMILES string of the molecule is CC/C=C\C/C=C\C/C=C\C/C=C\CCCCCCCCCCCCCCCCCCCCCCC(=O)NC(COC1OC(CO)C(O)C(O)C1O)C(O)CCCCCC. The fourth-order valence-electron chi connectivity index (χ4n) is 7.74. The van der Waals surface area contributed by atoms with Crippen molar-refractivity contribution in [3.8, 4) is 0 Å². The van der Waals surface area contributed by atoms with E-state index in [0.717, 1.165) is 70.6 Å². The molecule has 9 heteroatoms. The Hall–Kier alpha value is -1.85. The lowest BCUT2D eigenvalue weighted by atomic mass is 9.99. The summed E-state index contributed by atoms with van der Waals surface area (Å²) in [7, 11) is 0. The molecule has 7 unspecified atom stereocenters. The fourth-order valence-corrected chi connectivity index (χ4v) is 7.74. The summed E-state index contributed by atoms with van der Waals surface area (Å²) in [4.78, 5) is 12.8. The first-order valence-electron chi connectivity index (χ1n) is 24.8. The second-order valence-electron chi connectivity index (χ2n) is 17.2. The molecule has 0 saturated carbocycles. The molecule has 1 saturated heterocycles. The minimum absolute atomic E-state index is 0.140. The Bertz CT molecular complexity index is 1080. The van der Waals surface area contributed by atoms with Crippen molar-refractivity contribution >= 4 is 5.91 Å². The summed E-state index contributed by atoms with van der Waals surface area (Å²) in [6.07, 6.45) is 46.5. The number of hydrogen-bond acceptors (Lipinski definition) is 8. The Kier molecular flexibility index (Phi) is 38.5. The summed E-state index contributed by atoms with van der Waals surface area (Å²) in [5, 5.41) is 53.8. The number of amides is 1. The van der Waals surface area contributed by atoms with Gasteiger partial charge in [0.2, 0.25) is 5.91 Å². The van der Waals surface area contributed by atoms with Crippen LogP contribution in [0.1, 0.15) is 213 Å². The van der Waals surface area contributed by atoms with E-state index < -0.39 is 49.5 Å². The van der Waals surface area contributed by atoms with Crippen LogP contribution in [0, 0.1) is 0 Å². The van der Waals surface area contributed by atoms with E-state index in [0.29, 0.717) is 12.8 Å². The average molecular weight is 848 g/mol. The molecule has 1 rings (SSSR count).